The monoisotopic (exact) mass is 222 g/mol. The van der Waals surface area contributed by atoms with Crippen molar-refractivity contribution in [2.75, 3.05) is 13.1 Å². The molecule has 1 aliphatic carbocycles. The van der Waals surface area contributed by atoms with Gasteiger partial charge < -0.3 is 10.6 Å². The van der Waals surface area contributed by atoms with Crippen LogP contribution in [0, 0.1) is 11.8 Å². The molecule has 0 aromatic heterocycles. The zero-order valence-corrected chi connectivity index (χ0v) is 10.1. The maximum Gasteiger partial charge on any atom is 0.229 e. The molecule has 3 unspecified atom stereocenters. The van der Waals surface area contributed by atoms with Crippen molar-refractivity contribution >= 4 is 5.91 Å². The number of nitrogens with two attached hydrogens (primary N) is 1. The average molecular weight is 222 g/mol. The van der Waals surface area contributed by atoms with Crippen molar-refractivity contribution < 1.29 is 4.79 Å². The van der Waals surface area contributed by atoms with Crippen molar-refractivity contribution in [1.29, 1.82) is 0 Å². The molecule has 16 heavy (non-hydrogen) atoms. The van der Waals surface area contributed by atoms with Crippen molar-refractivity contribution in [2.45, 2.75) is 38.6 Å². The van der Waals surface area contributed by atoms with E-state index in [4.69, 9.17) is 5.73 Å². The maximum absolute atomic E-state index is 12.2. The van der Waals surface area contributed by atoms with Gasteiger partial charge in [-0.3, -0.25) is 4.79 Å². The molecular formula is C13H22N2O. The summed E-state index contributed by atoms with van der Waals surface area (Å²) in [6.07, 6.45) is 8.37. The van der Waals surface area contributed by atoms with E-state index in [2.05, 4.69) is 6.92 Å². The second kappa shape index (κ2) is 5.00. The Kier molecular flexibility index (Phi) is 3.64. The molecule has 0 spiro atoms. The number of likely N-dealkylation sites (tertiary alicyclic amines) is 1. The molecule has 90 valence electrons. The average Bonchev–Trinajstić information content (AvgIpc) is 2.75. The first-order valence-electron chi connectivity index (χ1n) is 6.43. The summed E-state index contributed by atoms with van der Waals surface area (Å²) in [5, 5.41) is 0. The number of carbonyl (C=O) groups excluding carboxylic acids is 1. The summed E-state index contributed by atoms with van der Waals surface area (Å²) in [5.41, 5.74) is 5.79. The molecule has 0 saturated carbocycles. The number of nitrogens with zero attached hydrogens (tertiary/aromatic N) is 1. The zero-order valence-electron chi connectivity index (χ0n) is 10.1. The van der Waals surface area contributed by atoms with Gasteiger partial charge in [-0.1, -0.05) is 25.5 Å². The Morgan fingerprint density at radius 1 is 1.50 bits per heavy atom. The third-order valence-electron chi connectivity index (χ3n) is 3.84. The minimum atomic E-state index is 0.0469. The lowest BCUT2D eigenvalue weighted by molar-refractivity contribution is -0.135. The van der Waals surface area contributed by atoms with Crippen LogP contribution in [0.15, 0.2) is 12.2 Å². The predicted octanol–water partition coefficient (Wildman–Crippen LogP) is 1.54. The van der Waals surface area contributed by atoms with E-state index in [1.165, 1.54) is 12.8 Å². The Morgan fingerprint density at radius 2 is 2.31 bits per heavy atom. The molecule has 0 bridgehead atoms. The van der Waals surface area contributed by atoms with E-state index in [-0.39, 0.29) is 12.0 Å². The van der Waals surface area contributed by atoms with E-state index in [1.807, 2.05) is 17.1 Å². The van der Waals surface area contributed by atoms with Crippen LogP contribution in [0.2, 0.25) is 0 Å². The van der Waals surface area contributed by atoms with Crippen LogP contribution in [0.3, 0.4) is 0 Å². The van der Waals surface area contributed by atoms with Crippen LogP contribution in [-0.4, -0.2) is 29.9 Å². The molecule has 1 amide bonds. The zero-order chi connectivity index (χ0) is 11.5. The predicted molar refractivity (Wildman–Crippen MR) is 64.8 cm³/mol. The molecule has 2 aliphatic rings. The molecule has 3 heteroatoms. The van der Waals surface area contributed by atoms with E-state index in [1.54, 1.807) is 0 Å². The fraction of sp³-hybridized carbons (Fsp3) is 0.769. The minimum Gasteiger partial charge on any atom is -0.342 e. The molecule has 3 nitrogen and oxygen atoms in total. The standard InChI is InChI=1S/C13H22N2O/c1-2-10-4-3-7-15(9-10)13(16)11-5-6-12(14)8-11/h5-6,10-12H,2-4,7-9,14H2,1H3. The minimum absolute atomic E-state index is 0.0469. The van der Waals surface area contributed by atoms with E-state index in [0.717, 1.165) is 25.9 Å². The third-order valence-corrected chi connectivity index (χ3v) is 3.84. The van der Waals surface area contributed by atoms with Gasteiger partial charge in [0.2, 0.25) is 5.91 Å². The first-order valence-corrected chi connectivity index (χ1v) is 6.43. The molecule has 1 heterocycles. The largest absolute Gasteiger partial charge is 0.342 e. The second-order valence-corrected chi connectivity index (χ2v) is 5.09. The van der Waals surface area contributed by atoms with Gasteiger partial charge in [-0.15, -0.1) is 0 Å². The molecule has 3 atom stereocenters. The van der Waals surface area contributed by atoms with Gasteiger partial charge in [-0.2, -0.15) is 0 Å². The van der Waals surface area contributed by atoms with Gasteiger partial charge in [0.05, 0.1) is 5.92 Å². The fourth-order valence-electron chi connectivity index (χ4n) is 2.74. The lowest BCUT2D eigenvalue weighted by Crippen LogP contribution is -2.42. The van der Waals surface area contributed by atoms with Gasteiger partial charge in [0, 0.05) is 19.1 Å². The van der Waals surface area contributed by atoms with Gasteiger partial charge in [-0.05, 0) is 25.2 Å². The fourth-order valence-corrected chi connectivity index (χ4v) is 2.74. The van der Waals surface area contributed by atoms with Gasteiger partial charge in [-0.25, -0.2) is 0 Å². The molecule has 1 fully saturated rings. The van der Waals surface area contributed by atoms with Crippen LogP contribution in [0.25, 0.3) is 0 Å². The molecule has 1 saturated heterocycles. The number of carbonyl (C=O) groups is 1. The summed E-state index contributed by atoms with van der Waals surface area (Å²) in [6.45, 7) is 4.11. The highest BCUT2D eigenvalue weighted by Gasteiger charge is 2.29. The van der Waals surface area contributed by atoms with E-state index in [9.17, 15) is 4.79 Å². The molecule has 0 radical (unpaired) electrons. The SMILES string of the molecule is CCC1CCCN(C(=O)C2C=CC(N)C2)C1. The summed E-state index contributed by atoms with van der Waals surface area (Å²) in [6, 6.07) is 0.0840. The summed E-state index contributed by atoms with van der Waals surface area (Å²) >= 11 is 0. The number of hydrogen-bond acceptors (Lipinski definition) is 2. The second-order valence-electron chi connectivity index (χ2n) is 5.09. The van der Waals surface area contributed by atoms with Crippen LogP contribution in [0.4, 0.5) is 0 Å². The Morgan fingerprint density at radius 3 is 2.94 bits per heavy atom. The van der Waals surface area contributed by atoms with Crippen LogP contribution in [0.1, 0.15) is 32.6 Å². The van der Waals surface area contributed by atoms with Crippen molar-refractivity contribution in [2.24, 2.45) is 17.6 Å². The van der Waals surface area contributed by atoms with Gasteiger partial charge >= 0.3 is 0 Å². The highest BCUT2D eigenvalue weighted by atomic mass is 16.2. The highest BCUT2D eigenvalue weighted by Crippen LogP contribution is 2.24. The Labute approximate surface area is 97.7 Å². The van der Waals surface area contributed by atoms with E-state index < -0.39 is 0 Å². The lowest BCUT2D eigenvalue weighted by atomic mass is 9.94. The van der Waals surface area contributed by atoms with Crippen molar-refractivity contribution in [1.82, 2.24) is 4.90 Å². The Hall–Kier alpha value is -0.830. The number of rotatable bonds is 2. The van der Waals surface area contributed by atoms with Crippen LogP contribution >= 0.6 is 0 Å². The normalized spacial score (nSPS) is 34.4. The van der Waals surface area contributed by atoms with Crippen molar-refractivity contribution in [3.8, 4) is 0 Å². The molecule has 2 rings (SSSR count). The quantitative estimate of drug-likeness (QED) is 0.720. The molecule has 0 aromatic carbocycles. The number of hydrogen-bond donors (Lipinski definition) is 1. The molecule has 0 aromatic rings. The summed E-state index contributed by atoms with van der Waals surface area (Å²) in [7, 11) is 0. The summed E-state index contributed by atoms with van der Waals surface area (Å²) < 4.78 is 0. The topological polar surface area (TPSA) is 46.3 Å². The Bertz CT molecular complexity index is 288. The molecule has 2 N–H and O–H groups in total. The van der Waals surface area contributed by atoms with Crippen molar-refractivity contribution in [3.63, 3.8) is 0 Å². The lowest BCUT2D eigenvalue weighted by Gasteiger charge is -2.33. The summed E-state index contributed by atoms with van der Waals surface area (Å²) in [4.78, 5) is 14.3. The van der Waals surface area contributed by atoms with Gasteiger partial charge in [0.1, 0.15) is 0 Å². The number of amides is 1. The Balaban J connectivity index is 1.91. The molecule has 1 aliphatic heterocycles. The van der Waals surface area contributed by atoms with Crippen LogP contribution in [0.5, 0.6) is 0 Å². The first kappa shape index (κ1) is 11.6. The smallest absolute Gasteiger partial charge is 0.229 e. The van der Waals surface area contributed by atoms with E-state index >= 15 is 0 Å². The first-order chi connectivity index (χ1) is 7.70. The third kappa shape index (κ3) is 2.46. The van der Waals surface area contributed by atoms with Crippen LogP contribution in [-0.2, 0) is 4.79 Å². The highest BCUT2D eigenvalue weighted by molar-refractivity contribution is 5.81. The summed E-state index contributed by atoms with van der Waals surface area (Å²) in [5.74, 6) is 1.05. The molecular weight excluding hydrogens is 200 g/mol. The van der Waals surface area contributed by atoms with Crippen molar-refractivity contribution in [3.05, 3.63) is 12.2 Å². The maximum atomic E-state index is 12.2. The van der Waals surface area contributed by atoms with Crippen LogP contribution < -0.4 is 5.73 Å². The van der Waals surface area contributed by atoms with E-state index in [0.29, 0.717) is 11.8 Å². The number of piperidine rings is 1. The van der Waals surface area contributed by atoms with Gasteiger partial charge in [0.15, 0.2) is 0 Å². The van der Waals surface area contributed by atoms with Gasteiger partial charge in [0.25, 0.3) is 0 Å².